The smallest absolute Gasteiger partial charge is 0.187 e. The summed E-state index contributed by atoms with van der Waals surface area (Å²) in [6.45, 7) is 20.4. The lowest BCUT2D eigenvalue weighted by atomic mass is 9.79. The summed E-state index contributed by atoms with van der Waals surface area (Å²) in [5, 5.41) is 0. The molecule has 0 N–H and O–H groups in total. The molecular weight excluding hydrogens is 182 g/mol. The first-order chi connectivity index (χ1) is 6.66. The molecule has 82 valence electrons. The molecule has 0 spiro atoms. The van der Waals surface area contributed by atoms with Gasteiger partial charge in [0.05, 0.1) is 6.57 Å². The van der Waals surface area contributed by atoms with Crippen LogP contribution in [0.4, 0.5) is 0 Å². The molecule has 0 aromatic carbocycles. The first-order valence-electron chi connectivity index (χ1n) is 5.48. The molecule has 1 nitrogen and oxygen atoms in total. The van der Waals surface area contributed by atoms with Gasteiger partial charge in [-0.1, -0.05) is 58.8 Å². The Morgan fingerprint density at radius 3 is 1.87 bits per heavy atom. The van der Waals surface area contributed by atoms with Crippen LogP contribution in [0.2, 0.25) is 0 Å². The Bertz CT molecular complexity index is 362. The fourth-order valence-corrected chi connectivity index (χ4v) is 1.81. The van der Waals surface area contributed by atoms with Crippen LogP contribution < -0.4 is 0 Å². The second kappa shape index (κ2) is 3.52. The summed E-state index contributed by atoms with van der Waals surface area (Å²) < 4.78 is 0. The van der Waals surface area contributed by atoms with E-state index in [1.54, 1.807) is 0 Å². The van der Waals surface area contributed by atoms with E-state index in [0.29, 0.717) is 0 Å². The molecule has 0 atom stereocenters. The highest BCUT2D eigenvalue weighted by Crippen LogP contribution is 2.44. The highest BCUT2D eigenvalue weighted by Gasteiger charge is 2.30. The lowest BCUT2D eigenvalue weighted by molar-refractivity contribution is 0.457. The zero-order valence-electron chi connectivity index (χ0n) is 10.7. The molecule has 1 heteroatoms. The summed E-state index contributed by atoms with van der Waals surface area (Å²) >= 11 is 0. The molecule has 0 amide bonds. The van der Waals surface area contributed by atoms with Crippen molar-refractivity contribution in [2.45, 2.75) is 48.0 Å². The van der Waals surface area contributed by atoms with Gasteiger partial charge in [0, 0.05) is 0 Å². The first-order valence-corrected chi connectivity index (χ1v) is 5.48. The van der Waals surface area contributed by atoms with Gasteiger partial charge in [0.25, 0.3) is 0 Å². The molecule has 0 radical (unpaired) electrons. The van der Waals surface area contributed by atoms with Gasteiger partial charge in [-0.05, 0) is 17.3 Å². The number of hydrogen-bond donors (Lipinski definition) is 0. The third-order valence-electron chi connectivity index (χ3n) is 2.98. The normalized spacial score (nSPS) is 17.8. The molecule has 0 aromatic heterocycles. The molecule has 0 fully saturated rings. The zero-order chi connectivity index (χ0) is 11.9. The second-order valence-corrected chi connectivity index (χ2v) is 6.32. The van der Waals surface area contributed by atoms with Crippen molar-refractivity contribution >= 4 is 0 Å². The van der Waals surface area contributed by atoms with Crippen molar-refractivity contribution < 1.29 is 0 Å². The molecule has 0 saturated heterocycles. The van der Waals surface area contributed by atoms with E-state index in [-0.39, 0.29) is 10.8 Å². The van der Waals surface area contributed by atoms with Crippen molar-refractivity contribution in [3.63, 3.8) is 0 Å². The fourth-order valence-electron chi connectivity index (χ4n) is 1.81. The summed E-state index contributed by atoms with van der Waals surface area (Å²) in [7, 11) is 0. The maximum atomic E-state index is 7.23. The molecule has 0 bridgehead atoms. The van der Waals surface area contributed by atoms with E-state index in [9.17, 15) is 0 Å². The van der Waals surface area contributed by atoms with Crippen LogP contribution in [0, 0.1) is 17.4 Å². The molecule has 1 aliphatic rings. The van der Waals surface area contributed by atoms with Gasteiger partial charge in [0.2, 0.25) is 0 Å². The lowest BCUT2D eigenvalue weighted by Crippen LogP contribution is -2.13. The third kappa shape index (κ3) is 2.50. The van der Waals surface area contributed by atoms with Crippen molar-refractivity contribution in [2.75, 3.05) is 0 Å². The summed E-state index contributed by atoms with van der Waals surface area (Å²) in [5.41, 5.74) is 3.85. The lowest BCUT2D eigenvalue weighted by Gasteiger charge is -2.26. The van der Waals surface area contributed by atoms with Crippen molar-refractivity contribution in [1.82, 2.24) is 0 Å². The summed E-state index contributed by atoms with van der Waals surface area (Å²) in [5.74, 6) is 0. The van der Waals surface area contributed by atoms with E-state index < -0.39 is 0 Å². The van der Waals surface area contributed by atoms with Crippen LogP contribution in [-0.2, 0) is 0 Å². The Balaban J connectivity index is 3.06. The van der Waals surface area contributed by atoms with E-state index in [4.69, 9.17) is 6.57 Å². The maximum Gasteiger partial charge on any atom is 0.187 e. The molecule has 0 saturated carbocycles. The largest absolute Gasteiger partial charge is 0.238 e. The van der Waals surface area contributed by atoms with Crippen LogP contribution in [-0.4, -0.2) is 0 Å². The Morgan fingerprint density at radius 1 is 1.07 bits per heavy atom. The van der Waals surface area contributed by atoms with Crippen LogP contribution in [0.15, 0.2) is 22.9 Å². The molecule has 0 aliphatic heterocycles. The van der Waals surface area contributed by atoms with Gasteiger partial charge < -0.3 is 0 Å². The quantitative estimate of drug-likeness (QED) is 0.507. The van der Waals surface area contributed by atoms with Crippen molar-refractivity contribution in [2.24, 2.45) is 10.8 Å². The Hall–Kier alpha value is -1.03. The van der Waals surface area contributed by atoms with Gasteiger partial charge in [-0.25, -0.2) is 4.85 Å². The molecule has 0 unspecified atom stereocenters. The molecule has 15 heavy (non-hydrogen) atoms. The average Bonchev–Trinajstić information content (AvgIpc) is 2.44. The molecular formula is C14H21N. The van der Waals surface area contributed by atoms with Crippen molar-refractivity contribution in [1.29, 1.82) is 0 Å². The van der Waals surface area contributed by atoms with E-state index in [0.717, 1.165) is 12.1 Å². The minimum absolute atomic E-state index is 0.114. The molecule has 1 aliphatic carbocycles. The highest BCUT2D eigenvalue weighted by atomic mass is 14.7. The monoisotopic (exact) mass is 203 g/mol. The Kier molecular flexibility index (Phi) is 2.83. The summed E-state index contributed by atoms with van der Waals surface area (Å²) in [4.78, 5) is 3.65. The van der Waals surface area contributed by atoms with Crippen molar-refractivity contribution in [3.8, 4) is 0 Å². The van der Waals surface area contributed by atoms with Crippen LogP contribution in [0.1, 0.15) is 48.0 Å². The highest BCUT2D eigenvalue weighted by molar-refractivity contribution is 5.46. The number of hydrogen-bond acceptors (Lipinski definition) is 0. The maximum absolute atomic E-state index is 7.23. The average molecular weight is 203 g/mol. The van der Waals surface area contributed by atoms with E-state index in [1.807, 2.05) is 0 Å². The van der Waals surface area contributed by atoms with Gasteiger partial charge in [0.1, 0.15) is 0 Å². The Labute approximate surface area is 93.7 Å². The molecule has 1 rings (SSSR count). The number of allylic oxidation sites excluding steroid dienone is 3. The van der Waals surface area contributed by atoms with Crippen LogP contribution in [0.25, 0.3) is 4.85 Å². The number of nitrogens with zero attached hydrogens (tertiary/aromatic N) is 1. The Morgan fingerprint density at radius 2 is 1.60 bits per heavy atom. The predicted octanol–water partition coefficient (Wildman–Crippen LogP) is 4.58. The third-order valence-corrected chi connectivity index (χ3v) is 2.98. The van der Waals surface area contributed by atoms with Crippen LogP contribution >= 0.6 is 0 Å². The SMILES string of the molecule is [C-]#[N+]C1=C(C(C)(C)C)CC(C(C)(C)C)=C1. The number of rotatable bonds is 0. The van der Waals surface area contributed by atoms with E-state index >= 15 is 0 Å². The molecule has 0 heterocycles. The van der Waals surface area contributed by atoms with Gasteiger partial charge in [-0.3, -0.25) is 0 Å². The van der Waals surface area contributed by atoms with E-state index in [1.165, 1.54) is 11.1 Å². The molecule has 0 aromatic rings. The van der Waals surface area contributed by atoms with Gasteiger partial charge in [0.15, 0.2) is 5.70 Å². The van der Waals surface area contributed by atoms with Crippen LogP contribution in [0.3, 0.4) is 0 Å². The van der Waals surface area contributed by atoms with Crippen molar-refractivity contribution in [3.05, 3.63) is 34.3 Å². The summed E-state index contributed by atoms with van der Waals surface area (Å²) in [6, 6.07) is 0. The van der Waals surface area contributed by atoms with E-state index in [2.05, 4.69) is 52.5 Å². The minimum Gasteiger partial charge on any atom is -0.238 e. The zero-order valence-corrected chi connectivity index (χ0v) is 10.7. The summed E-state index contributed by atoms with van der Waals surface area (Å²) in [6.07, 6.45) is 3.07. The minimum atomic E-state index is 0.114. The fraction of sp³-hybridized carbons (Fsp3) is 0.643. The topological polar surface area (TPSA) is 4.36 Å². The first kappa shape index (κ1) is 12.0. The predicted molar refractivity (Wildman–Crippen MR) is 65.2 cm³/mol. The van der Waals surface area contributed by atoms with Gasteiger partial charge >= 0.3 is 0 Å². The second-order valence-electron chi connectivity index (χ2n) is 6.32. The standard InChI is InChI=1S/C14H21N/c1-13(2,3)10-8-11(14(4,5)6)12(9-10)15-7/h9H,8H2,1-6H3. The van der Waals surface area contributed by atoms with Crippen LogP contribution in [0.5, 0.6) is 0 Å². The van der Waals surface area contributed by atoms with Gasteiger partial charge in [-0.15, -0.1) is 0 Å². The van der Waals surface area contributed by atoms with Gasteiger partial charge in [-0.2, -0.15) is 0 Å².